The summed E-state index contributed by atoms with van der Waals surface area (Å²) < 4.78 is 20.1. The maximum atomic E-state index is 14.5. The molecule has 0 radical (unpaired) electrons. The van der Waals surface area contributed by atoms with Crippen molar-refractivity contribution in [2.45, 2.75) is 57.7 Å². The lowest BCUT2D eigenvalue weighted by Gasteiger charge is -2.24. The second-order valence-corrected chi connectivity index (χ2v) is 8.31. The fraction of sp³-hybridized carbons (Fsp3) is 0.500. The Labute approximate surface area is 183 Å². The Kier molecular flexibility index (Phi) is 7.35. The highest BCUT2D eigenvalue weighted by Gasteiger charge is 2.30. The number of nitrogens with one attached hydrogen (secondary N) is 2. The van der Waals surface area contributed by atoms with Crippen molar-refractivity contribution >= 4 is 5.96 Å². The number of halogens is 1. The number of hydrogen-bond acceptors (Lipinski definition) is 4. The first kappa shape index (κ1) is 21.6. The Balaban J connectivity index is 1.34. The highest BCUT2D eigenvalue weighted by molar-refractivity contribution is 5.80. The third-order valence-corrected chi connectivity index (χ3v) is 6.02. The van der Waals surface area contributed by atoms with Gasteiger partial charge in [0.2, 0.25) is 0 Å². The van der Waals surface area contributed by atoms with E-state index in [4.69, 9.17) is 4.74 Å². The lowest BCUT2D eigenvalue weighted by atomic mass is 10.2. The molecule has 0 amide bonds. The molecule has 2 fully saturated rings. The van der Waals surface area contributed by atoms with Gasteiger partial charge in [-0.25, -0.2) is 9.38 Å². The average molecular weight is 426 g/mol. The van der Waals surface area contributed by atoms with Gasteiger partial charge in [-0.05, 0) is 56.0 Å². The van der Waals surface area contributed by atoms with Crippen molar-refractivity contribution in [2.24, 2.45) is 4.99 Å². The summed E-state index contributed by atoms with van der Waals surface area (Å²) >= 11 is 0. The molecule has 0 bridgehead atoms. The van der Waals surface area contributed by atoms with Gasteiger partial charge in [-0.3, -0.25) is 9.88 Å². The average Bonchev–Trinajstić information content (AvgIpc) is 3.47. The number of benzene rings is 1. The zero-order chi connectivity index (χ0) is 21.5. The molecule has 1 aromatic heterocycles. The van der Waals surface area contributed by atoms with E-state index in [9.17, 15) is 4.39 Å². The van der Waals surface area contributed by atoms with Gasteiger partial charge in [0.1, 0.15) is 5.75 Å². The van der Waals surface area contributed by atoms with Crippen LogP contribution >= 0.6 is 0 Å². The minimum absolute atomic E-state index is 0.184. The molecule has 1 aliphatic carbocycles. The minimum atomic E-state index is -0.405. The number of hydrogen-bond donors (Lipinski definition) is 2. The molecule has 1 aromatic carbocycles. The second-order valence-electron chi connectivity index (χ2n) is 8.31. The molecule has 1 atom stereocenters. The molecule has 1 unspecified atom stereocenters. The zero-order valence-electron chi connectivity index (χ0n) is 18.2. The van der Waals surface area contributed by atoms with Crippen molar-refractivity contribution in [3.05, 3.63) is 54.1 Å². The molecule has 31 heavy (non-hydrogen) atoms. The van der Waals surface area contributed by atoms with Crippen LogP contribution < -0.4 is 15.4 Å². The molecule has 2 N–H and O–H groups in total. The Morgan fingerprint density at radius 2 is 2.13 bits per heavy atom. The Morgan fingerprint density at radius 1 is 1.26 bits per heavy atom. The Morgan fingerprint density at radius 3 is 2.87 bits per heavy atom. The molecule has 2 aliphatic rings. The molecule has 1 saturated carbocycles. The fourth-order valence-corrected chi connectivity index (χ4v) is 4.45. The predicted octanol–water partition coefficient (Wildman–Crippen LogP) is 4.09. The van der Waals surface area contributed by atoms with E-state index >= 15 is 0 Å². The largest absolute Gasteiger partial charge is 0.453 e. The molecule has 166 valence electrons. The van der Waals surface area contributed by atoms with Crippen LogP contribution in [0.1, 0.15) is 44.6 Å². The SMILES string of the molecule is CCNC(=NCc1ccc(Oc2cccnc2)c(F)c1)NC1CCN(C2CCCC2)C1. The highest BCUT2D eigenvalue weighted by atomic mass is 19.1. The predicted molar refractivity (Wildman–Crippen MR) is 121 cm³/mol. The maximum absolute atomic E-state index is 14.5. The van der Waals surface area contributed by atoms with Crippen molar-refractivity contribution in [2.75, 3.05) is 19.6 Å². The van der Waals surface area contributed by atoms with E-state index in [0.29, 0.717) is 18.3 Å². The summed E-state index contributed by atoms with van der Waals surface area (Å²) in [5, 5.41) is 6.89. The van der Waals surface area contributed by atoms with Crippen LogP contribution in [0.25, 0.3) is 0 Å². The van der Waals surface area contributed by atoms with Gasteiger partial charge < -0.3 is 15.4 Å². The normalized spacial score (nSPS) is 20.2. The number of aliphatic imine (C=N–C) groups is 1. The van der Waals surface area contributed by atoms with Gasteiger partial charge in [0.25, 0.3) is 0 Å². The van der Waals surface area contributed by atoms with Crippen molar-refractivity contribution in [1.29, 1.82) is 0 Å². The van der Waals surface area contributed by atoms with Crippen LogP contribution in [0.5, 0.6) is 11.5 Å². The van der Waals surface area contributed by atoms with Crippen LogP contribution in [0.2, 0.25) is 0 Å². The highest BCUT2D eigenvalue weighted by Crippen LogP contribution is 2.27. The monoisotopic (exact) mass is 425 g/mol. The summed E-state index contributed by atoms with van der Waals surface area (Å²) in [7, 11) is 0. The lowest BCUT2D eigenvalue weighted by molar-refractivity contribution is 0.242. The van der Waals surface area contributed by atoms with Gasteiger partial charge in [-0.15, -0.1) is 0 Å². The lowest BCUT2D eigenvalue weighted by Crippen LogP contribution is -2.45. The van der Waals surface area contributed by atoms with Crippen molar-refractivity contribution in [3.63, 3.8) is 0 Å². The molecule has 2 heterocycles. The number of aromatic nitrogens is 1. The van der Waals surface area contributed by atoms with Gasteiger partial charge in [-0.2, -0.15) is 0 Å². The van der Waals surface area contributed by atoms with Crippen LogP contribution in [-0.4, -0.2) is 47.6 Å². The number of ether oxygens (including phenoxy) is 1. The van der Waals surface area contributed by atoms with E-state index in [1.807, 2.05) is 6.07 Å². The minimum Gasteiger partial charge on any atom is -0.453 e. The van der Waals surface area contributed by atoms with Crippen LogP contribution in [0.4, 0.5) is 4.39 Å². The first-order valence-electron chi connectivity index (χ1n) is 11.4. The number of rotatable bonds is 7. The summed E-state index contributed by atoms with van der Waals surface area (Å²) in [4.78, 5) is 11.3. The molecule has 4 rings (SSSR count). The number of pyridine rings is 1. The third kappa shape index (κ3) is 5.94. The number of likely N-dealkylation sites (tertiary alicyclic amines) is 1. The molecule has 0 spiro atoms. The molecule has 1 saturated heterocycles. The Hall–Kier alpha value is -2.67. The topological polar surface area (TPSA) is 61.8 Å². The molecule has 6 nitrogen and oxygen atoms in total. The summed E-state index contributed by atoms with van der Waals surface area (Å²) in [6, 6.07) is 9.64. The summed E-state index contributed by atoms with van der Waals surface area (Å²) in [6.45, 7) is 5.48. The smallest absolute Gasteiger partial charge is 0.191 e. The van der Waals surface area contributed by atoms with Crippen LogP contribution in [0.3, 0.4) is 0 Å². The standard InChI is InChI=1S/C24H32FN5O/c1-2-27-24(29-19-11-13-30(17-19)20-6-3-4-7-20)28-15-18-9-10-23(22(25)14-18)31-21-8-5-12-26-16-21/h5,8-10,12,14,16,19-20H,2-4,6-7,11,13,15,17H2,1H3,(H2,27,28,29). The number of nitrogens with zero attached hydrogens (tertiary/aromatic N) is 3. The van der Waals surface area contributed by atoms with Gasteiger partial charge in [0.05, 0.1) is 12.7 Å². The summed E-state index contributed by atoms with van der Waals surface area (Å²) in [5.74, 6) is 1.08. The van der Waals surface area contributed by atoms with E-state index in [1.54, 1.807) is 30.6 Å². The van der Waals surface area contributed by atoms with E-state index in [1.165, 1.54) is 31.7 Å². The summed E-state index contributed by atoms with van der Waals surface area (Å²) in [5.41, 5.74) is 0.798. The maximum Gasteiger partial charge on any atom is 0.191 e. The van der Waals surface area contributed by atoms with Crippen LogP contribution in [0, 0.1) is 5.82 Å². The first-order chi connectivity index (χ1) is 15.2. The van der Waals surface area contributed by atoms with Crippen molar-refractivity contribution in [1.82, 2.24) is 20.5 Å². The molecule has 7 heteroatoms. The third-order valence-electron chi connectivity index (χ3n) is 6.02. The van der Waals surface area contributed by atoms with Crippen LogP contribution in [-0.2, 0) is 6.54 Å². The van der Waals surface area contributed by atoms with Gasteiger partial charge >= 0.3 is 0 Å². The van der Waals surface area contributed by atoms with Crippen LogP contribution in [0.15, 0.2) is 47.7 Å². The quantitative estimate of drug-likeness (QED) is 0.517. The molecule has 2 aromatic rings. The zero-order valence-corrected chi connectivity index (χ0v) is 18.2. The molecule has 1 aliphatic heterocycles. The van der Waals surface area contributed by atoms with E-state index in [2.05, 4.69) is 32.4 Å². The van der Waals surface area contributed by atoms with Gasteiger partial charge in [-0.1, -0.05) is 18.9 Å². The van der Waals surface area contributed by atoms with E-state index < -0.39 is 5.82 Å². The van der Waals surface area contributed by atoms with Crippen molar-refractivity contribution in [3.8, 4) is 11.5 Å². The molecular weight excluding hydrogens is 393 g/mol. The van der Waals surface area contributed by atoms with E-state index in [-0.39, 0.29) is 5.75 Å². The second kappa shape index (κ2) is 10.6. The first-order valence-corrected chi connectivity index (χ1v) is 11.4. The molecular formula is C24H32FN5O. The fourth-order valence-electron chi connectivity index (χ4n) is 4.45. The number of guanidine groups is 1. The van der Waals surface area contributed by atoms with Gasteiger partial charge in [0, 0.05) is 37.9 Å². The van der Waals surface area contributed by atoms with Crippen molar-refractivity contribution < 1.29 is 9.13 Å². The summed E-state index contributed by atoms with van der Waals surface area (Å²) in [6.07, 6.45) is 9.76. The van der Waals surface area contributed by atoms with Gasteiger partial charge in [0.15, 0.2) is 17.5 Å². The Bertz CT molecular complexity index is 870. The van der Waals surface area contributed by atoms with E-state index in [0.717, 1.165) is 43.6 Å².